The van der Waals surface area contributed by atoms with Crippen molar-refractivity contribution in [2.24, 2.45) is 35.5 Å². The van der Waals surface area contributed by atoms with Gasteiger partial charge in [0.15, 0.2) is 0 Å². The minimum Gasteiger partial charge on any atom is -0.469 e. The summed E-state index contributed by atoms with van der Waals surface area (Å²) in [4.78, 5) is 46.6. The lowest BCUT2D eigenvalue weighted by atomic mass is 9.64. The van der Waals surface area contributed by atoms with Gasteiger partial charge >= 0.3 is 17.9 Å². The number of hydrogen-bond donors (Lipinski definition) is 0. The van der Waals surface area contributed by atoms with Gasteiger partial charge in [-0.15, -0.1) is 0 Å². The van der Waals surface area contributed by atoms with Gasteiger partial charge in [-0.05, 0) is 50.4 Å². The van der Waals surface area contributed by atoms with Crippen molar-refractivity contribution >= 4 is 24.2 Å². The van der Waals surface area contributed by atoms with Gasteiger partial charge < -0.3 is 14.3 Å². The van der Waals surface area contributed by atoms with Crippen LogP contribution in [0.25, 0.3) is 0 Å². The average Bonchev–Trinajstić information content (AvgIpc) is 2.87. The van der Waals surface area contributed by atoms with Gasteiger partial charge in [-0.25, -0.2) is 0 Å². The van der Waals surface area contributed by atoms with E-state index in [0.29, 0.717) is 37.5 Å². The summed E-state index contributed by atoms with van der Waals surface area (Å²) in [6.45, 7) is 0. The van der Waals surface area contributed by atoms with Crippen molar-refractivity contribution in [2.45, 2.75) is 38.5 Å². The molecular formula is C17H22O6. The molecule has 6 unspecified atom stereocenters. The summed E-state index contributed by atoms with van der Waals surface area (Å²) < 4.78 is 9.60. The molecule has 0 amide bonds. The van der Waals surface area contributed by atoms with Crippen molar-refractivity contribution in [3.8, 4) is 0 Å². The summed E-state index contributed by atoms with van der Waals surface area (Å²) in [6, 6.07) is 0. The highest BCUT2D eigenvalue weighted by molar-refractivity contribution is 5.96. The molecule has 0 N–H and O–H groups in total. The van der Waals surface area contributed by atoms with Gasteiger partial charge in [0.2, 0.25) is 0 Å². The lowest BCUT2D eigenvalue weighted by Gasteiger charge is -2.39. The Labute approximate surface area is 134 Å². The second kappa shape index (κ2) is 6.42. The molecule has 1 aliphatic heterocycles. The number of aldehydes is 1. The van der Waals surface area contributed by atoms with Gasteiger partial charge in [0.25, 0.3) is 0 Å². The molecule has 126 valence electrons. The molecule has 0 radical (unpaired) electrons. The van der Waals surface area contributed by atoms with E-state index >= 15 is 0 Å². The quantitative estimate of drug-likeness (QED) is 0.445. The normalized spacial score (nSPS) is 40.2. The van der Waals surface area contributed by atoms with E-state index in [2.05, 4.69) is 0 Å². The Morgan fingerprint density at radius 1 is 1.04 bits per heavy atom. The van der Waals surface area contributed by atoms with E-state index in [-0.39, 0.29) is 35.6 Å². The fraction of sp³-hybridized carbons (Fsp3) is 0.765. The number of hydrogen-bond acceptors (Lipinski definition) is 6. The van der Waals surface area contributed by atoms with E-state index in [9.17, 15) is 19.2 Å². The van der Waals surface area contributed by atoms with E-state index in [4.69, 9.17) is 9.47 Å². The summed E-state index contributed by atoms with van der Waals surface area (Å²) in [6.07, 6.45) is 5.25. The minimum absolute atomic E-state index is 0.270. The minimum atomic E-state index is -0.393. The molecule has 6 nitrogen and oxygen atoms in total. The molecule has 6 atom stereocenters. The van der Waals surface area contributed by atoms with Gasteiger partial charge in [0, 0.05) is 5.92 Å². The van der Waals surface area contributed by atoms with Crippen LogP contribution in [0.5, 0.6) is 0 Å². The first-order valence-electron chi connectivity index (χ1n) is 8.33. The molecule has 23 heavy (non-hydrogen) atoms. The van der Waals surface area contributed by atoms with Crippen LogP contribution in [0.1, 0.15) is 38.5 Å². The van der Waals surface area contributed by atoms with Crippen LogP contribution in [0.2, 0.25) is 0 Å². The standard InChI is InChI=1S/C17H22O6/c1-22-15(19)13-6-9(2-3-11(13)8-18)10-4-5-12-14(7-10)17(21)23-16(12)20/h8-14H,2-7H2,1H3. The number of cyclic esters (lactones) is 2. The van der Waals surface area contributed by atoms with E-state index < -0.39 is 5.97 Å². The van der Waals surface area contributed by atoms with Gasteiger partial charge in [-0.1, -0.05) is 0 Å². The third kappa shape index (κ3) is 2.91. The molecular weight excluding hydrogens is 300 g/mol. The lowest BCUT2D eigenvalue weighted by molar-refractivity contribution is -0.154. The molecule has 1 heterocycles. The Balaban J connectivity index is 1.68. The zero-order chi connectivity index (χ0) is 16.6. The van der Waals surface area contributed by atoms with Crippen LogP contribution in [0.4, 0.5) is 0 Å². The Kier molecular flexibility index (Phi) is 4.50. The number of ether oxygens (including phenoxy) is 2. The zero-order valence-electron chi connectivity index (χ0n) is 13.2. The molecule has 2 saturated carbocycles. The van der Waals surface area contributed by atoms with Gasteiger partial charge in [0.05, 0.1) is 24.9 Å². The average molecular weight is 322 g/mol. The van der Waals surface area contributed by atoms with Gasteiger partial charge in [-0.3, -0.25) is 14.4 Å². The van der Waals surface area contributed by atoms with Crippen molar-refractivity contribution in [1.82, 2.24) is 0 Å². The van der Waals surface area contributed by atoms with E-state index in [1.165, 1.54) is 7.11 Å². The molecule has 2 aliphatic carbocycles. The SMILES string of the molecule is COC(=O)C1CC(C2CCC3C(=O)OC(=O)C3C2)CCC1C=O. The fourth-order valence-electron chi connectivity index (χ4n) is 4.66. The zero-order valence-corrected chi connectivity index (χ0v) is 13.2. The Morgan fingerprint density at radius 3 is 2.39 bits per heavy atom. The molecule has 0 aromatic carbocycles. The summed E-state index contributed by atoms with van der Waals surface area (Å²) in [5.74, 6) is -1.75. The van der Waals surface area contributed by atoms with Gasteiger partial charge in [0.1, 0.15) is 6.29 Å². The van der Waals surface area contributed by atoms with Crippen LogP contribution in [-0.4, -0.2) is 31.3 Å². The predicted molar refractivity (Wildman–Crippen MR) is 77.8 cm³/mol. The van der Waals surface area contributed by atoms with E-state index in [1.807, 2.05) is 0 Å². The fourth-order valence-corrected chi connectivity index (χ4v) is 4.66. The highest BCUT2D eigenvalue weighted by atomic mass is 16.6. The first-order chi connectivity index (χ1) is 11.0. The maximum absolute atomic E-state index is 11.9. The van der Waals surface area contributed by atoms with Crippen molar-refractivity contribution in [3.05, 3.63) is 0 Å². The van der Waals surface area contributed by atoms with E-state index in [0.717, 1.165) is 19.1 Å². The number of carbonyl (C=O) groups is 4. The smallest absolute Gasteiger partial charge is 0.317 e. The topological polar surface area (TPSA) is 86.7 Å². The van der Waals surface area contributed by atoms with Crippen LogP contribution in [0.3, 0.4) is 0 Å². The Morgan fingerprint density at radius 2 is 1.70 bits per heavy atom. The number of esters is 3. The molecule has 0 aromatic rings. The highest BCUT2D eigenvalue weighted by Gasteiger charge is 2.49. The number of carbonyl (C=O) groups excluding carboxylic acids is 4. The second-order valence-corrected chi connectivity index (χ2v) is 7.03. The molecule has 0 spiro atoms. The Bertz CT molecular complexity index is 527. The van der Waals surface area contributed by atoms with Crippen LogP contribution in [0.15, 0.2) is 0 Å². The highest BCUT2D eigenvalue weighted by Crippen LogP contribution is 2.47. The van der Waals surface area contributed by atoms with Gasteiger partial charge in [-0.2, -0.15) is 0 Å². The first kappa shape index (κ1) is 16.1. The summed E-state index contributed by atoms with van der Waals surface area (Å²) in [5.41, 5.74) is 0. The summed E-state index contributed by atoms with van der Waals surface area (Å²) >= 11 is 0. The Hall–Kier alpha value is -1.72. The number of fused-ring (bicyclic) bond motifs is 1. The van der Waals surface area contributed by atoms with Crippen molar-refractivity contribution in [2.75, 3.05) is 7.11 Å². The molecule has 3 aliphatic rings. The third-order valence-corrected chi connectivity index (χ3v) is 5.99. The van der Waals surface area contributed by atoms with Crippen LogP contribution < -0.4 is 0 Å². The molecule has 0 aromatic heterocycles. The number of rotatable bonds is 3. The molecule has 3 fully saturated rings. The number of methoxy groups -OCH3 is 1. The summed E-state index contributed by atoms with van der Waals surface area (Å²) in [7, 11) is 1.35. The molecule has 0 bridgehead atoms. The molecule has 1 saturated heterocycles. The lowest BCUT2D eigenvalue weighted by Crippen LogP contribution is -2.38. The van der Waals surface area contributed by atoms with Crippen LogP contribution in [-0.2, 0) is 28.7 Å². The monoisotopic (exact) mass is 322 g/mol. The third-order valence-electron chi connectivity index (χ3n) is 5.99. The maximum atomic E-state index is 11.9. The maximum Gasteiger partial charge on any atom is 0.317 e. The van der Waals surface area contributed by atoms with Crippen molar-refractivity contribution in [3.63, 3.8) is 0 Å². The molecule has 3 rings (SSSR count). The van der Waals surface area contributed by atoms with E-state index in [1.54, 1.807) is 0 Å². The van der Waals surface area contributed by atoms with Crippen LogP contribution >= 0.6 is 0 Å². The summed E-state index contributed by atoms with van der Waals surface area (Å²) in [5, 5.41) is 0. The predicted octanol–water partition coefficient (Wildman–Crippen LogP) is 1.51. The van der Waals surface area contributed by atoms with Crippen molar-refractivity contribution < 1.29 is 28.7 Å². The molecule has 6 heteroatoms. The second-order valence-electron chi connectivity index (χ2n) is 7.03. The van der Waals surface area contributed by atoms with Crippen molar-refractivity contribution in [1.29, 1.82) is 0 Å². The van der Waals surface area contributed by atoms with Crippen LogP contribution in [0, 0.1) is 35.5 Å². The first-order valence-corrected chi connectivity index (χ1v) is 8.33. The largest absolute Gasteiger partial charge is 0.469 e.